The van der Waals surface area contributed by atoms with E-state index in [4.69, 9.17) is 19.9 Å². The number of nitrogens with zero attached hydrogens (tertiary/aromatic N) is 5. The third-order valence-electron chi connectivity index (χ3n) is 5.12. The van der Waals surface area contributed by atoms with E-state index in [1.165, 1.54) is 6.33 Å². The van der Waals surface area contributed by atoms with Crippen LogP contribution in [0.5, 0.6) is 0 Å². The van der Waals surface area contributed by atoms with Gasteiger partial charge in [0.2, 0.25) is 5.72 Å². The molecule has 0 amide bonds. The summed E-state index contributed by atoms with van der Waals surface area (Å²) in [7, 11) is 4.02. The Morgan fingerprint density at radius 2 is 2.19 bits per heavy atom. The fraction of sp³-hybridized carbons (Fsp3) is 0.706. The van der Waals surface area contributed by atoms with E-state index >= 15 is 0 Å². The van der Waals surface area contributed by atoms with Crippen LogP contribution in [-0.2, 0) is 19.9 Å². The van der Waals surface area contributed by atoms with Crippen LogP contribution in [0.1, 0.15) is 13.8 Å². The Bertz CT molecular complexity index is 826. The second kappa shape index (κ2) is 6.64. The van der Waals surface area contributed by atoms with Gasteiger partial charge >= 0.3 is 0 Å². The van der Waals surface area contributed by atoms with Gasteiger partial charge in [-0.25, -0.2) is 15.0 Å². The molecule has 148 valence electrons. The van der Waals surface area contributed by atoms with Crippen LogP contribution in [0.3, 0.4) is 0 Å². The first kappa shape index (κ1) is 18.5. The first-order chi connectivity index (χ1) is 12.9. The van der Waals surface area contributed by atoms with Gasteiger partial charge in [0.05, 0.1) is 12.9 Å². The monoisotopic (exact) mass is 377 g/mol. The van der Waals surface area contributed by atoms with Crippen LogP contribution in [0, 0.1) is 0 Å². The summed E-state index contributed by atoms with van der Waals surface area (Å²) in [5.41, 5.74) is 6.28. The fourth-order valence-electron chi connectivity index (χ4n) is 3.93. The number of anilines is 1. The highest BCUT2D eigenvalue weighted by Gasteiger charge is 2.63. The average molecular weight is 377 g/mol. The molecule has 0 spiro atoms. The lowest BCUT2D eigenvalue weighted by molar-refractivity contribution is -0.205. The largest absolute Gasteiger partial charge is 0.382 e. The SMILES string of the molecule is CNCCN(C)CC1OCC2(n3cnc4c(N)ncnc43)OC(C)(C)OC12. The Kier molecular flexibility index (Phi) is 4.55. The summed E-state index contributed by atoms with van der Waals surface area (Å²) in [5.74, 6) is -0.405. The second-order valence-corrected chi connectivity index (χ2v) is 7.65. The molecule has 2 fully saturated rings. The number of nitrogens with two attached hydrogens (primary N) is 1. The van der Waals surface area contributed by atoms with Crippen molar-refractivity contribution in [2.75, 3.05) is 46.1 Å². The quantitative estimate of drug-likeness (QED) is 0.704. The van der Waals surface area contributed by atoms with Gasteiger partial charge in [0.25, 0.3) is 0 Å². The lowest BCUT2D eigenvalue weighted by Crippen LogP contribution is -2.46. The molecule has 0 bridgehead atoms. The first-order valence-corrected chi connectivity index (χ1v) is 9.13. The highest BCUT2D eigenvalue weighted by atomic mass is 16.8. The number of nitrogen functional groups attached to an aromatic ring is 1. The molecule has 10 heteroatoms. The number of likely N-dealkylation sites (N-methyl/N-ethyl adjacent to an activating group) is 2. The molecule has 2 aliphatic heterocycles. The molecule has 27 heavy (non-hydrogen) atoms. The highest BCUT2D eigenvalue weighted by Crippen LogP contribution is 2.47. The maximum atomic E-state index is 6.39. The van der Waals surface area contributed by atoms with E-state index in [1.54, 1.807) is 6.33 Å². The normalized spacial score (nSPS) is 29.7. The minimum absolute atomic E-state index is 0.134. The second-order valence-electron chi connectivity index (χ2n) is 7.65. The summed E-state index contributed by atoms with van der Waals surface area (Å²) >= 11 is 0. The van der Waals surface area contributed by atoms with Crippen LogP contribution < -0.4 is 11.1 Å². The van der Waals surface area contributed by atoms with Crippen LogP contribution in [0.25, 0.3) is 11.2 Å². The number of imidazole rings is 1. The van der Waals surface area contributed by atoms with Gasteiger partial charge in [0.1, 0.15) is 24.1 Å². The molecule has 0 aliphatic carbocycles. The first-order valence-electron chi connectivity index (χ1n) is 9.13. The van der Waals surface area contributed by atoms with Crippen LogP contribution in [0.15, 0.2) is 12.7 Å². The fourth-order valence-corrected chi connectivity index (χ4v) is 3.93. The van der Waals surface area contributed by atoms with E-state index < -0.39 is 11.5 Å². The maximum absolute atomic E-state index is 6.39. The molecule has 2 saturated heterocycles. The zero-order valence-corrected chi connectivity index (χ0v) is 16.2. The zero-order valence-electron chi connectivity index (χ0n) is 16.2. The summed E-state index contributed by atoms with van der Waals surface area (Å²) in [6.07, 6.45) is 2.69. The molecule has 10 nitrogen and oxygen atoms in total. The molecule has 3 atom stereocenters. The highest BCUT2D eigenvalue weighted by molar-refractivity contribution is 5.81. The van der Waals surface area contributed by atoms with E-state index in [1.807, 2.05) is 25.5 Å². The van der Waals surface area contributed by atoms with E-state index in [0.29, 0.717) is 23.6 Å². The van der Waals surface area contributed by atoms with Gasteiger partial charge in [-0.3, -0.25) is 4.57 Å². The Labute approximate surface area is 158 Å². The lowest BCUT2D eigenvalue weighted by Gasteiger charge is -2.29. The van der Waals surface area contributed by atoms with Crippen molar-refractivity contribution in [1.29, 1.82) is 0 Å². The number of aromatic nitrogens is 4. The van der Waals surface area contributed by atoms with Gasteiger partial charge in [-0.2, -0.15) is 0 Å². The molecular formula is C17H27N7O3. The minimum Gasteiger partial charge on any atom is -0.382 e. The summed E-state index contributed by atoms with van der Waals surface area (Å²) in [5, 5.41) is 3.16. The van der Waals surface area contributed by atoms with Crippen molar-refractivity contribution in [3.05, 3.63) is 12.7 Å². The van der Waals surface area contributed by atoms with E-state index in [0.717, 1.165) is 19.6 Å². The number of nitrogens with one attached hydrogen (secondary N) is 1. The standard InChI is InChI=1S/C17H27N7O3/c1-16(2)26-13-11(7-23(4)6-5-19-3)25-8-17(13,27-16)24-10-22-12-14(18)20-9-21-15(12)24/h9-11,13,19H,5-8H2,1-4H3,(H2,18,20,21). The molecule has 0 radical (unpaired) electrons. The smallest absolute Gasteiger partial charge is 0.203 e. The number of ether oxygens (including phenoxy) is 3. The summed E-state index contributed by atoms with van der Waals surface area (Å²) in [6.45, 7) is 6.73. The van der Waals surface area contributed by atoms with Gasteiger partial charge in [-0.1, -0.05) is 0 Å². The molecule has 0 saturated carbocycles. The Morgan fingerprint density at radius 3 is 2.96 bits per heavy atom. The third kappa shape index (κ3) is 3.07. The Morgan fingerprint density at radius 1 is 1.37 bits per heavy atom. The molecule has 3 N–H and O–H groups in total. The molecule has 4 rings (SSSR count). The summed E-state index contributed by atoms with van der Waals surface area (Å²) < 4.78 is 20.7. The van der Waals surface area contributed by atoms with E-state index in [9.17, 15) is 0 Å². The molecule has 3 unspecified atom stereocenters. The third-order valence-corrected chi connectivity index (χ3v) is 5.12. The van der Waals surface area contributed by atoms with Crippen LogP contribution in [0.4, 0.5) is 5.82 Å². The summed E-state index contributed by atoms with van der Waals surface area (Å²) in [4.78, 5) is 15.0. The van der Waals surface area contributed by atoms with Gasteiger partial charge in [-0.15, -0.1) is 0 Å². The Balaban J connectivity index is 1.68. The molecule has 0 aromatic carbocycles. The Hall–Kier alpha value is -1.85. The average Bonchev–Trinajstić information content (AvgIpc) is 3.25. The van der Waals surface area contributed by atoms with Gasteiger partial charge in [-0.05, 0) is 27.9 Å². The van der Waals surface area contributed by atoms with Crippen molar-refractivity contribution < 1.29 is 14.2 Å². The number of hydrogen-bond acceptors (Lipinski definition) is 9. The van der Waals surface area contributed by atoms with Crippen molar-refractivity contribution in [2.24, 2.45) is 0 Å². The lowest BCUT2D eigenvalue weighted by atomic mass is 10.0. The van der Waals surface area contributed by atoms with Crippen molar-refractivity contribution >= 4 is 17.0 Å². The molecule has 2 aromatic rings. The number of fused-ring (bicyclic) bond motifs is 2. The van der Waals surface area contributed by atoms with Crippen molar-refractivity contribution in [3.8, 4) is 0 Å². The predicted octanol–water partition coefficient (Wildman–Crippen LogP) is -0.237. The molecular weight excluding hydrogens is 350 g/mol. The van der Waals surface area contributed by atoms with E-state index in [2.05, 4.69) is 32.2 Å². The molecule has 2 aromatic heterocycles. The van der Waals surface area contributed by atoms with Crippen LogP contribution >= 0.6 is 0 Å². The van der Waals surface area contributed by atoms with Crippen molar-refractivity contribution in [3.63, 3.8) is 0 Å². The zero-order chi connectivity index (χ0) is 19.2. The van der Waals surface area contributed by atoms with E-state index in [-0.39, 0.29) is 12.2 Å². The van der Waals surface area contributed by atoms with Crippen LogP contribution in [0.2, 0.25) is 0 Å². The minimum atomic E-state index is -0.840. The van der Waals surface area contributed by atoms with Crippen molar-refractivity contribution in [2.45, 2.75) is 37.6 Å². The number of hydrogen-bond donors (Lipinski definition) is 2. The number of rotatable bonds is 6. The maximum Gasteiger partial charge on any atom is 0.203 e. The van der Waals surface area contributed by atoms with Crippen molar-refractivity contribution in [1.82, 2.24) is 29.7 Å². The summed E-state index contributed by atoms with van der Waals surface area (Å²) in [6, 6.07) is 0. The topological polar surface area (TPSA) is 113 Å². The van der Waals surface area contributed by atoms with Crippen LogP contribution in [-0.4, -0.2) is 82.8 Å². The molecule has 2 aliphatic rings. The predicted molar refractivity (Wildman–Crippen MR) is 98.9 cm³/mol. The van der Waals surface area contributed by atoms with Gasteiger partial charge in [0, 0.05) is 19.6 Å². The van der Waals surface area contributed by atoms with Gasteiger partial charge < -0.3 is 30.2 Å². The molecule has 4 heterocycles. The van der Waals surface area contributed by atoms with Gasteiger partial charge in [0.15, 0.2) is 17.3 Å².